The van der Waals surface area contributed by atoms with Gasteiger partial charge >= 0.3 is 0 Å². The van der Waals surface area contributed by atoms with Crippen LogP contribution < -0.4 is 10.6 Å². The first kappa shape index (κ1) is 13.1. The fraction of sp³-hybridized carbons (Fsp3) is 0.500. The molecule has 2 rings (SSSR count). The lowest BCUT2D eigenvalue weighted by Crippen LogP contribution is -2.30. The van der Waals surface area contributed by atoms with Crippen LogP contribution in [0.5, 0.6) is 0 Å². The van der Waals surface area contributed by atoms with Crippen LogP contribution in [0, 0.1) is 5.82 Å². The van der Waals surface area contributed by atoms with Crippen molar-refractivity contribution in [2.75, 3.05) is 24.7 Å². The summed E-state index contributed by atoms with van der Waals surface area (Å²) in [4.78, 5) is 15.8. The minimum atomic E-state index is -0.505. The largest absolute Gasteiger partial charge is 0.372 e. The van der Waals surface area contributed by atoms with E-state index in [0.717, 1.165) is 18.4 Å². The number of pyridine rings is 1. The molecule has 0 saturated carbocycles. The molecule has 1 aliphatic rings. The zero-order valence-electron chi connectivity index (χ0n) is 10.2. The van der Waals surface area contributed by atoms with Crippen molar-refractivity contribution in [1.82, 2.24) is 10.3 Å². The first-order chi connectivity index (χ1) is 8.70. The van der Waals surface area contributed by atoms with Crippen molar-refractivity contribution >= 4 is 23.5 Å². The molecule has 98 valence electrons. The van der Waals surface area contributed by atoms with Gasteiger partial charge in [-0.25, -0.2) is 9.37 Å². The number of nitrogens with zero attached hydrogens (tertiary/aromatic N) is 1. The molecule has 0 radical (unpaired) electrons. The number of rotatable bonds is 4. The van der Waals surface area contributed by atoms with E-state index in [9.17, 15) is 9.18 Å². The van der Waals surface area contributed by atoms with Crippen LogP contribution >= 0.6 is 11.8 Å². The molecule has 6 heteroatoms. The van der Waals surface area contributed by atoms with E-state index in [1.807, 2.05) is 11.8 Å². The van der Waals surface area contributed by atoms with Gasteiger partial charge in [-0.2, -0.15) is 11.8 Å². The third-order valence-corrected chi connectivity index (χ3v) is 4.25. The maximum Gasteiger partial charge on any atom is 0.255 e. The Morgan fingerprint density at radius 3 is 3.17 bits per heavy atom. The van der Waals surface area contributed by atoms with E-state index in [1.54, 1.807) is 7.05 Å². The van der Waals surface area contributed by atoms with Crippen LogP contribution in [0.2, 0.25) is 0 Å². The fourth-order valence-electron chi connectivity index (χ4n) is 1.92. The molecule has 4 nitrogen and oxygen atoms in total. The molecule has 2 N–H and O–H groups in total. The highest BCUT2D eigenvalue weighted by Gasteiger charge is 2.18. The average molecular weight is 269 g/mol. The van der Waals surface area contributed by atoms with Crippen LogP contribution in [0.1, 0.15) is 23.2 Å². The van der Waals surface area contributed by atoms with Gasteiger partial charge in [-0.3, -0.25) is 4.79 Å². The van der Waals surface area contributed by atoms with Crippen LogP contribution in [0.15, 0.2) is 12.3 Å². The van der Waals surface area contributed by atoms with Gasteiger partial charge in [0, 0.05) is 18.8 Å². The predicted octanol–water partition coefficient (Wildman–Crippen LogP) is 1.89. The van der Waals surface area contributed by atoms with Crippen LogP contribution in [0.25, 0.3) is 0 Å². The lowest BCUT2D eigenvalue weighted by molar-refractivity contribution is 0.0953. The molecular formula is C12H16FN3OS. The monoisotopic (exact) mass is 269 g/mol. The maximum absolute atomic E-state index is 13.1. The van der Waals surface area contributed by atoms with Crippen LogP contribution in [-0.4, -0.2) is 35.5 Å². The van der Waals surface area contributed by atoms with Crippen molar-refractivity contribution < 1.29 is 9.18 Å². The molecule has 0 bridgehead atoms. The first-order valence-electron chi connectivity index (χ1n) is 5.94. The predicted molar refractivity (Wildman–Crippen MR) is 71.6 cm³/mol. The van der Waals surface area contributed by atoms with Gasteiger partial charge in [0.1, 0.15) is 11.6 Å². The number of aromatic nitrogens is 1. The Bertz CT molecular complexity index is 435. The van der Waals surface area contributed by atoms with Gasteiger partial charge < -0.3 is 10.6 Å². The number of anilines is 1. The molecule has 1 atom stereocenters. The van der Waals surface area contributed by atoms with E-state index in [0.29, 0.717) is 17.6 Å². The summed E-state index contributed by atoms with van der Waals surface area (Å²) in [5.74, 6) is 0.769. The Kier molecular flexibility index (Phi) is 4.41. The SMILES string of the molecule is CNc1ncc(F)cc1C(=O)NCC1CCCS1. The molecule has 0 aromatic carbocycles. The van der Waals surface area contributed by atoms with Gasteiger partial charge in [0.05, 0.1) is 11.8 Å². The van der Waals surface area contributed by atoms with E-state index >= 15 is 0 Å². The van der Waals surface area contributed by atoms with E-state index in [4.69, 9.17) is 0 Å². The maximum atomic E-state index is 13.1. The number of carbonyl (C=O) groups is 1. The van der Waals surface area contributed by atoms with Crippen molar-refractivity contribution in [3.8, 4) is 0 Å². The summed E-state index contributed by atoms with van der Waals surface area (Å²) in [7, 11) is 1.66. The zero-order chi connectivity index (χ0) is 13.0. The van der Waals surface area contributed by atoms with E-state index in [-0.39, 0.29) is 11.5 Å². The van der Waals surface area contributed by atoms with Gasteiger partial charge in [0.15, 0.2) is 0 Å². The fourth-order valence-corrected chi connectivity index (χ4v) is 3.12. The van der Waals surface area contributed by atoms with Crippen LogP contribution in [-0.2, 0) is 0 Å². The summed E-state index contributed by atoms with van der Waals surface area (Å²) in [5, 5.41) is 6.10. The third-order valence-electron chi connectivity index (χ3n) is 2.85. The minimum Gasteiger partial charge on any atom is -0.372 e. The summed E-state index contributed by atoms with van der Waals surface area (Å²) in [5.41, 5.74) is 0.250. The van der Waals surface area contributed by atoms with Gasteiger partial charge in [0.25, 0.3) is 5.91 Å². The normalized spacial score (nSPS) is 18.7. The third kappa shape index (κ3) is 3.13. The van der Waals surface area contributed by atoms with Gasteiger partial charge in [-0.15, -0.1) is 0 Å². The summed E-state index contributed by atoms with van der Waals surface area (Å²) in [6.07, 6.45) is 3.43. The molecule has 1 saturated heterocycles. The molecule has 18 heavy (non-hydrogen) atoms. The molecule has 1 unspecified atom stereocenters. The highest BCUT2D eigenvalue weighted by atomic mass is 32.2. The number of carbonyl (C=O) groups excluding carboxylic acids is 1. The molecule has 2 heterocycles. The Morgan fingerprint density at radius 2 is 2.50 bits per heavy atom. The van der Waals surface area contributed by atoms with Crippen LogP contribution in [0.4, 0.5) is 10.2 Å². The second-order valence-electron chi connectivity index (χ2n) is 4.14. The second-order valence-corrected chi connectivity index (χ2v) is 5.55. The number of halogens is 1. The van der Waals surface area contributed by atoms with E-state index < -0.39 is 5.82 Å². The lowest BCUT2D eigenvalue weighted by atomic mass is 10.2. The Morgan fingerprint density at radius 1 is 1.67 bits per heavy atom. The molecule has 0 spiro atoms. The minimum absolute atomic E-state index is 0.250. The highest BCUT2D eigenvalue weighted by molar-refractivity contribution is 8.00. The molecule has 1 aromatic heterocycles. The molecule has 1 fully saturated rings. The summed E-state index contributed by atoms with van der Waals surface area (Å²) < 4.78 is 13.1. The Hall–Kier alpha value is -1.30. The quantitative estimate of drug-likeness (QED) is 0.876. The molecule has 1 aromatic rings. The average Bonchev–Trinajstić information content (AvgIpc) is 2.89. The standard InChI is InChI=1S/C12H16FN3OS/c1-14-11-10(5-8(13)6-15-11)12(17)16-7-9-3-2-4-18-9/h5-6,9H,2-4,7H2,1H3,(H,14,15)(H,16,17). The van der Waals surface area contributed by atoms with Crippen molar-refractivity contribution in [1.29, 1.82) is 0 Å². The van der Waals surface area contributed by atoms with Gasteiger partial charge in [0.2, 0.25) is 0 Å². The van der Waals surface area contributed by atoms with Gasteiger partial charge in [-0.1, -0.05) is 0 Å². The molecule has 0 aliphatic carbocycles. The Balaban J connectivity index is 2.00. The van der Waals surface area contributed by atoms with E-state index in [1.165, 1.54) is 12.5 Å². The molecule has 1 amide bonds. The zero-order valence-corrected chi connectivity index (χ0v) is 11.0. The van der Waals surface area contributed by atoms with Crippen molar-refractivity contribution in [3.05, 3.63) is 23.6 Å². The van der Waals surface area contributed by atoms with Crippen molar-refractivity contribution in [2.45, 2.75) is 18.1 Å². The number of amides is 1. The number of thioether (sulfide) groups is 1. The van der Waals surface area contributed by atoms with Gasteiger partial charge in [-0.05, 0) is 24.7 Å². The van der Waals surface area contributed by atoms with Crippen LogP contribution in [0.3, 0.4) is 0 Å². The Labute approximate surface area is 110 Å². The topological polar surface area (TPSA) is 54.0 Å². The second kappa shape index (κ2) is 6.04. The van der Waals surface area contributed by atoms with Crippen molar-refractivity contribution in [3.63, 3.8) is 0 Å². The number of hydrogen-bond acceptors (Lipinski definition) is 4. The first-order valence-corrected chi connectivity index (χ1v) is 6.98. The smallest absolute Gasteiger partial charge is 0.255 e. The molecular weight excluding hydrogens is 253 g/mol. The lowest BCUT2D eigenvalue weighted by Gasteiger charge is -2.12. The summed E-state index contributed by atoms with van der Waals surface area (Å²) in [6.45, 7) is 0.628. The van der Waals surface area contributed by atoms with E-state index in [2.05, 4.69) is 15.6 Å². The number of hydrogen-bond donors (Lipinski definition) is 2. The van der Waals surface area contributed by atoms with Crippen molar-refractivity contribution in [2.24, 2.45) is 0 Å². The highest BCUT2D eigenvalue weighted by Crippen LogP contribution is 2.25. The molecule has 1 aliphatic heterocycles. The number of nitrogens with one attached hydrogen (secondary N) is 2. The summed E-state index contributed by atoms with van der Waals surface area (Å²) in [6, 6.07) is 1.20. The summed E-state index contributed by atoms with van der Waals surface area (Å²) >= 11 is 1.87.